The number of nitrogen functional groups attached to an aromatic ring is 1. The normalized spacial score (nSPS) is 9.94. The fourth-order valence-electron chi connectivity index (χ4n) is 0.835. The zero-order valence-corrected chi connectivity index (χ0v) is 10.5. The van der Waals surface area contributed by atoms with Crippen LogP contribution in [0.1, 0.15) is 26.5 Å². The molecular weight excluding hydrogens is 222 g/mol. The van der Waals surface area contributed by atoms with Crippen molar-refractivity contribution in [1.29, 1.82) is 0 Å². The molecule has 0 atom stereocenters. The van der Waals surface area contributed by atoms with Crippen molar-refractivity contribution in [2.24, 2.45) is 11.6 Å². The van der Waals surface area contributed by atoms with Crippen molar-refractivity contribution in [3.8, 4) is 0 Å². The largest absolute Gasteiger partial charge is 0.444 e. The summed E-state index contributed by atoms with van der Waals surface area (Å²) in [6.07, 6.45) is 0.738. The number of amides is 1. The summed E-state index contributed by atoms with van der Waals surface area (Å²) < 4.78 is 4.58. The molecule has 0 spiro atoms. The molecule has 96 valence electrons. The van der Waals surface area contributed by atoms with E-state index in [1.807, 2.05) is 6.92 Å². The van der Waals surface area contributed by atoms with E-state index in [2.05, 4.69) is 20.1 Å². The fourth-order valence-corrected chi connectivity index (χ4v) is 0.835. The molecule has 0 aromatic carbocycles. The summed E-state index contributed by atoms with van der Waals surface area (Å²) in [6, 6.07) is 1.76. The monoisotopic (exact) mass is 241 g/mol. The molecule has 7 heteroatoms. The van der Waals surface area contributed by atoms with Crippen molar-refractivity contribution in [3.63, 3.8) is 0 Å². The Morgan fingerprint density at radius 2 is 2.00 bits per heavy atom. The van der Waals surface area contributed by atoms with Crippen LogP contribution in [0.3, 0.4) is 0 Å². The Labute approximate surface area is 101 Å². The smallest absolute Gasteiger partial charge is 0.405 e. The third-order valence-electron chi connectivity index (χ3n) is 1.36. The van der Waals surface area contributed by atoms with Crippen molar-refractivity contribution in [2.75, 3.05) is 5.43 Å². The van der Waals surface area contributed by atoms with E-state index in [9.17, 15) is 4.79 Å². The zero-order valence-electron chi connectivity index (χ0n) is 10.5. The summed E-state index contributed by atoms with van der Waals surface area (Å²) in [6.45, 7) is 7.16. The number of hydrazine groups is 1. The van der Waals surface area contributed by atoms with Crippen LogP contribution in [0.25, 0.3) is 0 Å². The first-order valence-corrected chi connectivity index (χ1v) is 4.98. The third-order valence-corrected chi connectivity index (χ3v) is 1.36. The molecule has 1 aromatic rings. The predicted octanol–water partition coefficient (Wildman–Crippen LogP) is 0.951. The first kappa shape index (κ1) is 15.1. The molecule has 0 aliphatic heterocycles. The first-order chi connectivity index (χ1) is 7.74. The molecular formula is C10H19N5O2. The van der Waals surface area contributed by atoms with E-state index in [1.165, 1.54) is 6.33 Å². The van der Waals surface area contributed by atoms with E-state index in [0.29, 0.717) is 5.82 Å². The van der Waals surface area contributed by atoms with Gasteiger partial charge in [0.2, 0.25) is 0 Å². The summed E-state index contributed by atoms with van der Waals surface area (Å²) in [5.41, 5.74) is 7.58. The maximum Gasteiger partial charge on any atom is 0.405 e. The Kier molecular flexibility index (Phi) is 5.90. The second-order valence-electron chi connectivity index (χ2n) is 4.22. The Balaban J connectivity index is 0.000000304. The van der Waals surface area contributed by atoms with Crippen LogP contribution in [0.2, 0.25) is 0 Å². The van der Waals surface area contributed by atoms with Gasteiger partial charge in [0.15, 0.2) is 0 Å². The highest BCUT2D eigenvalue weighted by Crippen LogP contribution is 2.04. The molecule has 0 radical (unpaired) electrons. The molecule has 0 saturated carbocycles. The van der Waals surface area contributed by atoms with Crippen LogP contribution in [0.15, 0.2) is 12.4 Å². The molecule has 1 rings (SSSR count). The number of anilines is 1. The van der Waals surface area contributed by atoms with Crippen LogP contribution in [-0.4, -0.2) is 21.7 Å². The van der Waals surface area contributed by atoms with Crippen LogP contribution in [-0.2, 0) is 4.74 Å². The minimum absolute atomic E-state index is 0.453. The number of ether oxygens (including phenoxy) is 1. The third kappa shape index (κ3) is 9.06. The van der Waals surface area contributed by atoms with Crippen LogP contribution < -0.4 is 17.0 Å². The Bertz CT molecular complexity index is 362. The highest BCUT2D eigenvalue weighted by Gasteiger charge is 2.12. The van der Waals surface area contributed by atoms with E-state index in [1.54, 1.807) is 26.8 Å². The van der Waals surface area contributed by atoms with Crippen molar-refractivity contribution in [2.45, 2.75) is 33.3 Å². The van der Waals surface area contributed by atoms with E-state index in [0.717, 1.165) is 5.69 Å². The van der Waals surface area contributed by atoms with Crippen molar-refractivity contribution >= 4 is 11.9 Å². The van der Waals surface area contributed by atoms with Gasteiger partial charge in [0.1, 0.15) is 17.7 Å². The molecule has 0 fully saturated rings. The lowest BCUT2D eigenvalue weighted by Crippen LogP contribution is -2.27. The zero-order chi connectivity index (χ0) is 13.5. The highest BCUT2D eigenvalue weighted by atomic mass is 16.6. The molecule has 1 heterocycles. The molecule has 0 saturated heterocycles. The van der Waals surface area contributed by atoms with E-state index in [-0.39, 0.29) is 0 Å². The van der Waals surface area contributed by atoms with Gasteiger partial charge in [-0.05, 0) is 27.7 Å². The van der Waals surface area contributed by atoms with Gasteiger partial charge >= 0.3 is 6.09 Å². The summed E-state index contributed by atoms with van der Waals surface area (Å²) in [5, 5.41) is 0. The number of aryl methyl sites for hydroxylation is 1. The number of nitrogens with zero attached hydrogens (tertiary/aromatic N) is 2. The molecule has 7 nitrogen and oxygen atoms in total. The average molecular weight is 241 g/mol. The Hall–Kier alpha value is -1.89. The quantitative estimate of drug-likeness (QED) is 0.498. The minimum Gasteiger partial charge on any atom is -0.444 e. The lowest BCUT2D eigenvalue weighted by molar-refractivity contribution is 0.0600. The van der Waals surface area contributed by atoms with Gasteiger partial charge in [-0.25, -0.2) is 20.6 Å². The predicted molar refractivity (Wildman–Crippen MR) is 65.0 cm³/mol. The number of nitrogens with one attached hydrogen (secondary N) is 1. The Morgan fingerprint density at radius 1 is 1.41 bits per heavy atom. The number of primary amides is 1. The lowest BCUT2D eigenvalue weighted by atomic mass is 10.2. The molecule has 5 N–H and O–H groups in total. The SMILES string of the molecule is CC(C)(C)OC(N)=O.Cc1cc(NN)ncn1. The number of hydrogen-bond acceptors (Lipinski definition) is 6. The topological polar surface area (TPSA) is 116 Å². The molecule has 0 aliphatic rings. The standard InChI is InChI=1S/C5H8N4.C5H11NO2/c1-4-2-5(9-6)8-3-7-4;1-5(2,3)8-4(6)7/h2-3H,6H2,1H3,(H,7,8,9);1-3H3,(H2,6,7). The molecule has 1 amide bonds. The molecule has 0 unspecified atom stereocenters. The maximum atomic E-state index is 10.0. The van der Waals surface area contributed by atoms with Crippen molar-refractivity contribution < 1.29 is 9.53 Å². The number of hydrogen-bond donors (Lipinski definition) is 3. The number of rotatable bonds is 1. The van der Waals surface area contributed by atoms with Gasteiger partial charge in [0, 0.05) is 11.8 Å². The van der Waals surface area contributed by atoms with Crippen molar-refractivity contribution in [3.05, 3.63) is 18.1 Å². The number of carbonyl (C=O) groups excluding carboxylic acids is 1. The van der Waals surface area contributed by atoms with Gasteiger partial charge in [-0.2, -0.15) is 0 Å². The number of nitrogens with two attached hydrogens (primary N) is 2. The van der Waals surface area contributed by atoms with E-state index in [4.69, 9.17) is 11.6 Å². The average Bonchev–Trinajstić information content (AvgIpc) is 2.14. The van der Waals surface area contributed by atoms with Crippen molar-refractivity contribution in [1.82, 2.24) is 9.97 Å². The van der Waals surface area contributed by atoms with Gasteiger partial charge in [-0.15, -0.1) is 0 Å². The molecule has 0 aliphatic carbocycles. The second-order valence-corrected chi connectivity index (χ2v) is 4.22. The molecule has 17 heavy (non-hydrogen) atoms. The van der Waals surface area contributed by atoms with Crippen LogP contribution >= 0.6 is 0 Å². The summed E-state index contributed by atoms with van der Waals surface area (Å²) in [5.74, 6) is 5.72. The fraction of sp³-hybridized carbons (Fsp3) is 0.500. The van der Waals surface area contributed by atoms with Gasteiger partial charge < -0.3 is 15.9 Å². The maximum absolute atomic E-state index is 10.0. The minimum atomic E-state index is -0.725. The summed E-state index contributed by atoms with van der Waals surface area (Å²) in [7, 11) is 0. The van der Waals surface area contributed by atoms with E-state index < -0.39 is 11.7 Å². The van der Waals surface area contributed by atoms with Gasteiger partial charge in [-0.3, -0.25) is 0 Å². The number of carbonyl (C=O) groups is 1. The van der Waals surface area contributed by atoms with Gasteiger partial charge in [-0.1, -0.05) is 0 Å². The summed E-state index contributed by atoms with van der Waals surface area (Å²) in [4.78, 5) is 17.7. The Morgan fingerprint density at radius 3 is 2.24 bits per heavy atom. The second kappa shape index (κ2) is 6.64. The molecule has 0 bridgehead atoms. The van der Waals surface area contributed by atoms with Gasteiger partial charge in [0.05, 0.1) is 0 Å². The first-order valence-electron chi connectivity index (χ1n) is 4.98. The molecule has 1 aromatic heterocycles. The highest BCUT2D eigenvalue weighted by molar-refractivity contribution is 5.65. The van der Waals surface area contributed by atoms with Crippen LogP contribution in [0.4, 0.5) is 10.6 Å². The summed E-state index contributed by atoms with van der Waals surface area (Å²) >= 11 is 0. The number of aromatic nitrogens is 2. The lowest BCUT2D eigenvalue weighted by Gasteiger charge is -2.16. The van der Waals surface area contributed by atoms with Crippen LogP contribution in [0, 0.1) is 6.92 Å². The van der Waals surface area contributed by atoms with Crippen LogP contribution in [0.5, 0.6) is 0 Å². The van der Waals surface area contributed by atoms with Gasteiger partial charge in [0.25, 0.3) is 0 Å². The van der Waals surface area contributed by atoms with E-state index >= 15 is 0 Å².